The number of nitrogens with one attached hydrogen (secondary N) is 1. The van der Waals surface area contributed by atoms with E-state index in [2.05, 4.69) is 29.3 Å². The normalized spacial score (nSPS) is 14.5. The third kappa shape index (κ3) is 5.06. The molecule has 1 fully saturated rings. The lowest BCUT2D eigenvalue weighted by molar-refractivity contribution is 0.0378. The molecule has 4 rings (SSSR count). The second kappa shape index (κ2) is 9.94. The Morgan fingerprint density at radius 3 is 2.55 bits per heavy atom. The Hall–Kier alpha value is -2.90. The molecule has 164 valence electrons. The molecule has 2 aromatic carbocycles. The molecule has 0 unspecified atom stereocenters. The maximum Gasteiger partial charge on any atom is 0.162 e. The Morgan fingerprint density at radius 1 is 1.03 bits per heavy atom. The van der Waals surface area contributed by atoms with Gasteiger partial charge in [-0.05, 0) is 32.0 Å². The summed E-state index contributed by atoms with van der Waals surface area (Å²) in [7, 11) is 3.28. The minimum Gasteiger partial charge on any atom is -0.493 e. The number of morpholine rings is 1. The van der Waals surface area contributed by atoms with Crippen LogP contribution in [0.25, 0.3) is 22.3 Å². The van der Waals surface area contributed by atoms with E-state index in [0.717, 1.165) is 68.1 Å². The number of hydrogen-bond acceptors (Lipinski definition) is 7. The molecule has 1 N–H and O–H groups in total. The number of aryl methyl sites for hydroxylation is 1. The Bertz CT molecular complexity index is 1030. The SMILES string of the molecule is COc1cc2nc(-c3cccc(C)c3)nc(NCCCN3CCOCC3)c2cc1OC. The van der Waals surface area contributed by atoms with Crippen LogP contribution in [0.1, 0.15) is 12.0 Å². The van der Waals surface area contributed by atoms with Gasteiger partial charge in [-0.3, -0.25) is 4.90 Å². The van der Waals surface area contributed by atoms with Crippen molar-refractivity contribution < 1.29 is 14.2 Å². The van der Waals surface area contributed by atoms with E-state index in [1.807, 2.05) is 24.3 Å². The Balaban J connectivity index is 1.63. The van der Waals surface area contributed by atoms with Crippen LogP contribution in [0.5, 0.6) is 11.5 Å². The van der Waals surface area contributed by atoms with Crippen LogP contribution in [0.15, 0.2) is 36.4 Å². The lowest BCUT2D eigenvalue weighted by Gasteiger charge is -2.26. The minimum absolute atomic E-state index is 0.655. The first-order valence-corrected chi connectivity index (χ1v) is 10.7. The lowest BCUT2D eigenvalue weighted by atomic mass is 10.1. The van der Waals surface area contributed by atoms with Crippen LogP contribution in [0.3, 0.4) is 0 Å². The molecule has 3 aromatic rings. The zero-order valence-electron chi connectivity index (χ0n) is 18.5. The highest BCUT2D eigenvalue weighted by Crippen LogP contribution is 2.35. The summed E-state index contributed by atoms with van der Waals surface area (Å²) in [4.78, 5) is 12.1. The van der Waals surface area contributed by atoms with Crippen molar-refractivity contribution in [1.29, 1.82) is 0 Å². The second-order valence-corrected chi connectivity index (χ2v) is 7.72. The van der Waals surface area contributed by atoms with E-state index >= 15 is 0 Å². The van der Waals surface area contributed by atoms with Crippen molar-refractivity contribution in [2.24, 2.45) is 0 Å². The minimum atomic E-state index is 0.655. The lowest BCUT2D eigenvalue weighted by Crippen LogP contribution is -2.37. The molecule has 0 atom stereocenters. The summed E-state index contributed by atoms with van der Waals surface area (Å²) >= 11 is 0. The van der Waals surface area contributed by atoms with E-state index in [4.69, 9.17) is 24.2 Å². The Labute approximate surface area is 183 Å². The topological polar surface area (TPSA) is 68.7 Å². The number of benzene rings is 2. The maximum atomic E-state index is 5.51. The third-order valence-electron chi connectivity index (χ3n) is 5.52. The van der Waals surface area contributed by atoms with Gasteiger partial charge in [0.15, 0.2) is 17.3 Å². The summed E-state index contributed by atoms with van der Waals surface area (Å²) < 4.78 is 16.4. The van der Waals surface area contributed by atoms with Crippen LogP contribution in [0, 0.1) is 6.92 Å². The average molecular weight is 423 g/mol. The highest BCUT2D eigenvalue weighted by Gasteiger charge is 2.15. The largest absolute Gasteiger partial charge is 0.493 e. The molecule has 0 aliphatic carbocycles. The van der Waals surface area contributed by atoms with E-state index in [9.17, 15) is 0 Å². The van der Waals surface area contributed by atoms with Gasteiger partial charge in [0.2, 0.25) is 0 Å². The van der Waals surface area contributed by atoms with Gasteiger partial charge < -0.3 is 19.5 Å². The fourth-order valence-electron chi connectivity index (χ4n) is 3.84. The highest BCUT2D eigenvalue weighted by atomic mass is 16.5. The van der Waals surface area contributed by atoms with E-state index in [0.29, 0.717) is 17.3 Å². The third-order valence-corrected chi connectivity index (χ3v) is 5.52. The number of rotatable bonds is 8. The molecule has 7 nitrogen and oxygen atoms in total. The molecule has 1 aliphatic heterocycles. The molecule has 1 aromatic heterocycles. The summed E-state index contributed by atoms with van der Waals surface area (Å²) in [6.07, 6.45) is 1.03. The first-order chi connectivity index (χ1) is 15.2. The molecule has 31 heavy (non-hydrogen) atoms. The summed E-state index contributed by atoms with van der Waals surface area (Å²) in [5.41, 5.74) is 2.99. The number of nitrogens with zero attached hydrogens (tertiary/aromatic N) is 3. The zero-order valence-corrected chi connectivity index (χ0v) is 18.5. The molecule has 0 amide bonds. The van der Waals surface area contributed by atoms with Gasteiger partial charge in [-0.25, -0.2) is 9.97 Å². The Morgan fingerprint density at radius 2 is 1.81 bits per heavy atom. The summed E-state index contributed by atoms with van der Waals surface area (Å²) in [5.74, 6) is 2.82. The van der Waals surface area contributed by atoms with Gasteiger partial charge in [0.25, 0.3) is 0 Å². The van der Waals surface area contributed by atoms with E-state index < -0.39 is 0 Å². The monoisotopic (exact) mass is 422 g/mol. The van der Waals surface area contributed by atoms with Crippen molar-refractivity contribution in [2.75, 3.05) is 58.9 Å². The summed E-state index contributed by atoms with van der Waals surface area (Å²) in [5, 5.41) is 4.45. The predicted molar refractivity (Wildman–Crippen MR) is 123 cm³/mol. The highest BCUT2D eigenvalue weighted by molar-refractivity contribution is 5.93. The quantitative estimate of drug-likeness (QED) is 0.555. The molecule has 0 saturated carbocycles. The van der Waals surface area contributed by atoms with E-state index in [1.165, 1.54) is 5.56 Å². The first-order valence-electron chi connectivity index (χ1n) is 10.7. The molecule has 1 aliphatic rings. The molecule has 0 radical (unpaired) electrons. The van der Waals surface area contributed by atoms with Crippen molar-refractivity contribution in [3.63, 3.8) is 0 Å². The van der Waals surface area contributed by atoms with Gasteiger partial charge in [0, 0.05) is 36.7 Å². The smallest absolute Gasteiger partial charge is 0.162 e. The number of fused-ring (bicyclic) bond motifs is 1. The van der Waals surface area contributed by atoms with Crippen molar-refractivity contribution in [3.05, 3.63) is 42.0 Å². The summed E-state index contributed by atoms with van der Waals surface area (Å²) in [6, 6.07) is 12.1. The molecular formula is C24H30N4O3. The standard InChI is InChI=1S/C24H30N4O3/c1-17-6-4-7-18(14-17)23-26-20-16-22(30-3)21(29-2)15-19(20)24(27-23)25-8-5-9-28-10-12-31-13-11-28/h4,6-7,14-16H,5,8-13H2,1-3H3,(H,25,26,27). The number of methoxy groups -OCH3 is 2. The fraction of sp³-hybridized carbons (Fsp3) is 0.417. The fourth-order valence-corrected chi connectivity index (χ4v) is 3.84. The van der Waals surface area contributed by atoms with Crippen LogP contribution in [0.2, 0.25) is 0 Å². The van der Waals surface area contributed by atoms with E-state index in [1.54, 1.807) is 14.2 Å². The van der Waals surface area contributed by atoms with Gasteiger partial charge in [-0.2, -0.15) is 0 Å². The van der Waals surface area contributed by atoms with E-state index in [-0.39, 0.29) is 0 Å². The number of aromatic nitrogens is 2. The van der Waals surface area contributed by atoms with Crippen LogP contribution in [-0.4, -0.2) is 68.5 Å². The van der Waals surface area contributed by atoms with Crippen molar-refractivity contribution in [3.8, 4) is 22.9 Å². The van der Waals surface area contributed by atoms with Crippen molar-refractivity contribution in [2.45, 2.75) is 13.3 Å². The average Bonchev–Trinajstić information content (AvgIpc) is 2.81. The molecular weight excluding hydrogens is 392 g/mol. The van der Waals surface area contributed by atoms with Crippen LogP contribution in [-0.2, 0) is 4.74 Å². The van der Waals surface area contributed by atoms with Gasteiger partial charge in [-0.15, -0.1) is 0 Å². The van der Waals surface area contributed by atoms with Gasteiger partial charge in [0.05, 0.1) is 33.0 Å². The maximum absolute atomic E-state index is 5.51. The zero-order chi connectivity index (χ0) is 21.6. The second-order valence-electron chi connectivity index (χ2n) is 7.72. The van der Waals surface area contributed by atoms with Crippen molar-refractivity contribution >= 4 is 16.7 Å². The number of anilines is 1. The molecule has 2 heterocycles. The molecule has 1 saturated heterocycles. The van der Waals surface area contributed by atoms with Gasteiger partial charge in [0.1, 0.15) is 5.82 Å². The number of hydrogen-bond donors (Lipinski definition) is 1. The molecule has 0 spiro atoms. The molecule has 0 bridgehead atoms. The van der Waals surface area contributed by atoms with Crippen LogP contribution in [0.4, 0.5) is 5.82 Å². The van der Waals surface area contributed by atoms with Crippen LogP contribution >= 0.6 is 0 Å². The summed E-state index contributed by atoms with van der Waals surface area (Å²) in [6.45, 7) is 7.60. The Kier molecular flexibility index (Phi) is 6.84. The van der Waals surface area contributed by atoms with Crippen LogP contribution < -0.4 is 14.8 Å². The number of ether oxygens (including phenoxy) is 3. The molecule has 7 heteroatoms. The van der Waals surface area contributed by atoms with Gasteiger partial charge in [-0.1, -0.05) is 23.8 Å². The predicted octanol–water partition coefficient (Wildman–Crippen LogP) is 3.76. The van der Waals surface area contributed by atoms with Crippen molar-refractivity contribution in [1.82, 2.24) is 14.9 Å². The first kappa shape index (κ1) is 21.3. The van der Waals surface area contributed by atoms with Gasteiger partial charge >= 0.3 is 0 Å².